The first-order valence-corrected chi connectivity index (χ1v) is 12.1. The topological polar surface area (TPSA) is 73.0 Å². The molecule has 7 nitrogen and oxygen atoms in total. The fourth-order valence-corrected chi connectivity index (χ4v) is 4.47. The van der Waals surface area contributed by atoms with Crippen molar-refractivity contribution in [3.8, 4) is 5.75 Å². The summed E-state index contributed by atoms with van der Waals surface area (Å²) >= 11 is 12.0. The van der Waals surface area contributed by atoms with Gasteiger partial charge in [-0.1, -0.05) is 23.7 Å². The standard InChI is InChI=1S/C25H28Cl2N2O5/c1-31-12-13-32-14-15-33-19-5-2-17(3-6-19)24-23-20(8-10-29(24)25(30)34-11-9-26)21-16-18(27)4-7-22(21)28-23/h2-7,16,24,28H,8-15H2,1H3. The Bertz CT molecular complexity index is 1100. The van der Waals surface area contributed by atoms with Crippen LogP contribution < -0.4 is 4.74 Å². The molecule has 1 amide bonds. The SMILES string of the molecule is COCCOCCOc1ccc(C2c3[nH]c4ccc(Cl)cc4c3CCN2C(=O)OCCCl)cc1. The maximum absolute atomic E-state index is 12.9. The van der Waals surface area contributed by atoms with E-state index in [2.05, 4.69) is 4.98 Å². The predicted octanol–water partition coefficient (Wildman–Crippen LogP) is 5.19. The summed E-state index contributed by atoms with van der Waals surface area (Å²) in [6.07, 6.45) is 0.313. The third-order valence-electron chi connectivity index (χ3n) is 5.75. The molecule has 0 bridgehead atoms. The third kappa shape index (κ3) is 5.61. The maximum Gasteiger partial charge on any atom is 0.410 e. The van der Waals surface area contributed by atoms with Gasteiger partial charge in [-0.15, -0.1) is 11.6 Å². The van der Waals surface area contributed by atoms with Gasteiger partial charge >= 0.3 is 6.09 Å². The molecule has 0 spiro atoms. The number of carbonyl (C=O) groups excluding carboxylic acids is 1. The van der Waals surface area contributed by atoms with Crippen molar-refractivity contribution in [3.05, 3.63) is 64.3 Å². The second kappa shape index (κ2) is 11.8. The highest BCUT2D eigenvalue weighted by molar-refractivity contribution is 6.31. The van der Waals surface area contributed by atoms with E-state index < -0.39 is 0 Å². The number of benzene rings is 2. The largest absolute Gasteiger partial charge is 0.491 e. The van der Waals surface area contributed by atoms with Crippen molar-refractivity contribution >= 4 is 40.2 Å². The zero-order valence-electron chi connectivity index (χ0n) is 19.0. The average molecular weight is 507 g/mol. The van der Waals surface area contributed by atoms with Crippen LogP contribution in [0.2, 0.25) is 5.02 Å². The molecule has 1 aliphatic rings. The van der Waals surface area contributed by atoms with Crippen molar-refractivity contribution in [1.29, 1.82) is 0 Å². The first kappa shape index (κ1) is 24.7. The quantitative estimate of drug-likeness (QED) is 0.302. The Morgan fingerprint density at radius 3 is 2.65 bits per heavy atom. The van der Waals surface area contributed by atoms with Gasteiger partial charge < -0.3 is 23.9 Å². The fourth-order valence-electron chi connectivity index (χ4n) is 4.22. The molecule has 0 radical (unpaired) electrons. The van der Waals surface area contributed by atoms with Crippen LogP contribution in [0.15, 0.2) is 42.5 Å². The van der Waals surface area contributed by atoms with E-state index in [1.807, 2.05) is 42.5 Å². The second-order valence-electron chi connectivity index (χ2n) is 7.88. The summed E-state index contributed by atoms with van der Waals surface area (Å²) in [5, 5.41) is 1.76. The Labute approximate surface area is 208 Å². The number of methoxy groups -OCH3 is 1. The van der Waals surface area contributed by atoms with Crippen molar-refractivity contribution in [2.75, 3.05) is 52.6 Å². The smallest absolute Gasteiger partial charge is 0.410 e. The number of hydrogen-bond acceptors (Lipinski definition) is 5. The number of nitrogens with one attached hydrogen (secondary N) is 1. The van der Waals surface area contributed by atoms with E-state index in [4.69, 9.17) is 42.1 Å². The maximum atomic E-state index is 12.9. The molecule has 0 saturated carbocycles. The number of nitrogens with zero attached hydrogens (tertiary/aromatic N) is 1. The van der Waals surface area contributed by atoms with E-state index in [1.165, 1.54) is 0 Å². The van der Waals surface area contributed by atoms with E-state index in [0.29, 0.717) is 44.4 Å². The number of H-pyrrole nitrogens is 1. The second-order valence-corrected chi connectivity index (χ2v) is 8.69. The first-order valence-electron chi connectivity index (χ1n) is 11.2. The number of halogens is 2. The number of aromatic nitrogens is 1. The molecule has 1 aromatic heterocycles. The summed E-state index contributed by atoms with van der Waals surface area (Å²) in [5.41, 5.74) is 4.07. The van der Waals surface area contributed by atoms with Crippen LogP contribution in [0.4, 0.5) is 4.79 Å². The van der Waals surface area contributed by atoms with Crippen molar-refractivity contribution < 1.29 is 23.7 Å². The molecule has 4 rings (SSSR count). The molecule has 2 heterocycles. The van der Waals surface area contributed by atoms with Crippen LogP contribution in [0, 0.1) is 0 Å². The van der Waals surface area contributed by atoms with Crippen LogP contribution in [-0.2, 0) is 20.6 Å². The summed E-state index contributed by atoms with van der Waals surface area (Å²) < 4.78 is 21.5. The summed E-state index contributed by atoms with van der Waals surface area (Å²) in [5.74, 6) is 0.983. The van der Waals surface area contributed by atoms with Crippen molar-refractivity contribution in [2.24, 2.45) is 0 Å². The van der Waals surface area contributed by atoms with E-state index in [-0.39, 0.29) is 24.6 Å². The minimum Gasteiger partial charge on any atom is -0.491 e. The molecule has 1 unspecified atom stereocenters. The lowest BCUT2D eigenvalue weighted by atomic mass is 9.92. The minimum atomic E-state index is -0.387. The summed E-state index contributed by atoms with van der Waals surface area (Å²) in [6, 6.07) is 13.2. The third-order valence-corrected chi connectivity index (χ3v) is 6.14. The average Bonchev–Trinajstić information content (AvgIpc) is 3.22. The van der Waals surface area contributed by atoms with Gasteiger partial charge in [-0.3, -0.25) is 4.90 Å². The van der Waals surface area contributed by atoms with Crippen LogP contribution in [0.1, 0.15) is 22.9 Å². The summed E-state index contributed by atoms with van der Waals surface area (Å²) in [6.45, 7) is 2.70. The molecule has 3 aromatic rings. The van der Waals surface area contributed by atoms with E-state index in [0.717, 1.165) is 33.5 Å². The Morgan fingerprint density at radius 2 is 1.88 bits per heavy atom. The first-order chi connectivity index (χ1) is 16.6. The van der Waals surface area contributed by atoms with Gasteiger partial charge in [-0.05, 0) is 47.9 Å². The van der Waals surface area contributed by atoms with Crippen LogP contribution in [0.3, 0.4) is 0 Å². The van der Waals surface area contributed by atoms with Gasteiger partial charge in [0.25, 0.3) is 0 Å². The molecule has 0 aliphatic carbocycles. The van der Waals surface area contributed by atoms with Crippen LogP contribution >= 0.6 is 23.2 Å². The van der Waals surface area contributed by atoms with E-state index in [9.17, 15) is 4.79 Å². The van der Waals surface area contributed by atoms with Gasteiger partial charge in [-0.2, -0.15) is 0 Å². The number of rotatable bonds is 10. The summed E-state index contributed by atoms with van der Waals surface area (Å²) in [7, 11) is 1.64. The fraction of sp³-hybridized carbons (Fsp3) is 0.400. The molecule has 182 valence electrons. The lowest BCUT2D eigenvalue weighted by Gasteiger charge is -2.35. The molecular weight excluding hydrogens is 479 g/mol. The highest BCUT2D eigenvalue weighted by Crippen LogP contribution is 2.39. The number of hydrogen-bond donors (Lipinski definition) is 1. The molecule has 34 heavy (non-hydrogen) atoms. The molecule has 1 atom stereocenters. The number of amides is 1. The number of aromatic amines is 1. The highest BCUT2D eigenvalue weighted by atomic mass is 35.5. The number of ether oxygens (including phenoxy) is 4. The van der Waals surface area contributed by atoms with E-state index in [1.54, 1.807) is 12.0 Å². The molecular formula is C25H28Cl2N2O5. The van der Waals surface area contributed by atoms with Gasteiger partial charge in [0.1, 0.15) is 25.0 Å². The summed E-state index contributed by atoms with van der Waals surface area (Å²) in [4.78, 5) is 18.2. The Kier molecular flexibility index (Phi) is 8.56. The van der Waals surface area contributed by atoms with Crippen molar-refractivity contribution in [2.45, 2.75) is 12.5 Å². The van der Waals surface area contributed by atoms with Crippen LogP contribution in [0.25, 0.3) is 10.9 Å². The van der Waals surface area contributed by atoms with E-state index >= 15 is 0 Å². The molecule has 1 N–H and O–H groups in total. The molecule has 0 saturated heterocycles. The Balaban J connectivity index is 1.57. The van der Waals surface area contributed by atoms with Crippen LogP contribution in [-0.4, -0.2) is 68.5 Å². The van der Waals surface area contributed by atoms with Gasteiger partial charge in [-0.25, -0.2) is 4.79 Å². The minimum absolute atomic E-state index is 0.165. The predicted molar refractivity (Wildman–Crippen MR) is 132 cm³/mol. The number of fused-ring (bicyclic) bond motifs is 3. The zero-order chi connectivity index (χ0) is 23.9. The van der Waals surface area contributed by atoms with Crippen molar-refractivity contribution in [3.63, 3.8) is 0 Å². The molecule has 1 aliphatic heterocycles. The Morgan fingerprint density at radius 1 is 1.09 bits per heavy atom. The van der Waals surface area contributed by atoms with Gasteiger partial charge in [0.15, 0.2) is 0 Å². The van der Waals surface area contributed by atoms with Crippen LogP contribution in [0.5, 0.6) is 5.75 Å². The molecule has 0 fully saturated rings. The molecule has 2 aromatic carbocycles. The normalized spacial score (nSPS) is 15.4. The van der Waals surface area contributed by atoms with Crippen molar-refractivity contribution in [1.82, 2.24) is 9.88 Å². The molecule has 9 heteroatoms. The van der Waals surface area contributed by atoms with Gasteiger partial charge in [0.2, 0.25) is 0 Å². The number of carbonyl (C=O) groups is 1. The zero-order valence-corrected chi connectivity index (χ0v) is 20.5. The van der Waals surface area contributed by atoms with Gasteiger partial charge in [0.05, 0.1) is 25.7 Å². The number of alkyl halides is 1. The lowest BCUT2D eigenvalue weighted by molar-refractivity contribution is 0.0544. The lowest BCUT2D eigenvalue weighted by Crippen LogP contribution is -2.41. The monoisotopic (exact) mass is 506 g/mol. The van der Waals surface area contributed by atoms with Gasteiger partial charge in [0, 0.05) is 35.3 Å². The Hall–Kier alpha value is -2.45. The highest BCUT2D eigenvalue weighted by Gasteiger charge is 2.35.